The first-order valence-corrected chi connectivity index (χ1v) is 8.17. The number of rotatable bonds is 6. The van der Waals surface area contributed by atoms with E-state index in [0.717, 1.165) is 4.88 Å². The number of carbonyl (C=O) groups is 2. The molecular formula is C16H15N5O2S. The molecule has 0 bridgehead atoms. The third-order valence-electron chi connectivity index (χ3n) is 3.24. The van der Waals surface area contributed by atoms with Crippen LogP contribution in [0.1, 0.15) is 27.4 Å². The molecule has 122 valence electrons. The zero-order valence-corrected chi connectivity index (χ0v) is 13.8. The minimum Gasteiger partial charge on any atom is -0.293 e. The molecule has 0 radical (unpaired) electrons. The number of nitrogens with one attached hydrogen (secondary N) is 2. The molecule has 0 aliphatic carbocycles. The fourth-order valence-corrected chi connectivity index (χ4v) is 2.89. The Kier molecular flexibility index (Phi) is 4.76. The lowest BCUT2D eigenvalue weighted by Gasteiger charge is -1.99. The summed E-state index contributed by atoms with van der Waals surface area (Å²) < 4.78 is 0. The van der Waals surface area contributed by atoms with Gasteiger partial charge in [-0.2, -0.15) is 4.98 Å². The smallest absolute Gasteiger partial charge is 0.249 e. The zero-order chi connectivity index (χ0) is 16.9. The Balaban J connectivity index is 1.54. The van der Waals surface area contributed by atoms with Crippen molar-refractivity contribution in [3.63, 3.8) is 0 Å². The summed E-state index contributed by atoms with van der Waals surface area (Å²) in [5.41, 5.74) is 0.633. The maximum atomic E-state index is 12.0. The number of aryl methyl sites for hydroxylation is 1. The molecule has 1 amide bonds. The summed E-state index contributed by atoms with van der Waals surface area (Å²) >= 11 is 1.43. The van der Waals surface area contributed by atoms with Gasteiger partial charge in [0.15, 0.2) is 11.6 Å². The number of carbonyl (C=O) groups excluding carboxylic acids is 2. The number of Topliss-reactive ketones (excluding diaryl/α,β-unsaturated/α-hetero) is 1. The highest BCUT2D eigenvalue weighted by Crippen LogP contribution is 2.18. The minimum atomic E-state index is -0.303. The van der Waals surface area contributed by atoms with E-state index in [4.69, 9.17) is 0 Å². The molecule has 3 aromatic rings. The predicted molar refractivity (Wildman–Crippen MR) is 90.9 cm³/mol. The second-order valence-electron chi connectivity index (χ2n) is 5.10. The quantitative estimate of drug-likeness (QED) is 0.671. The van der Waals surface area contributed by atoms with Crippen molar-refractivity contribution in [1.82, 2.24) is 20.2 Å². The topological polar surface area (TPSA) is 101 Å². The molecule has 0 saturated carbocycles. The molecule has 0 aliphatic heterocycles. The number of hydrogen-bond donors (Lipinski definition) is 2. The van der Waals surface area contributed by atoms with Crippen LogP contribution < -0.4 is 5.32 Å². The molecule has 0 atom stereocenters. The van der Waals surface area contributed by atoms with Crippen molar-refractivity contribution < 1.29 is 9.59 Å². The van der Waals surface area contributed by atoms with Gasteiger partial charge in [0.05, 0.1) is 4.88 Å². The lowest BCUT2D eigenvalue weighted by molar-refractivity contribution is -0.116. The molecule has 0 spiro atoms. The van der Waals surface area contributed by atoms with E-state index in [1.54, 1.807) is 24.4 Å². The Labute approximate surface area is 142 Å². The number of pyridine rings is 1. The number of H-pyrrole nitrogens is 1. The van der Waals surface area contributed by atoms with Crippen molar-refractivity contribution in [2.45, 2.75) is 19.8 Å². The van der Waals surface area contributed by atoms with Crippen LogP contribution in [0.15, 0.2) is 36.5 Å². The molecule has 0 aromatic carbocycles. The number of ketones is 1. The first-order chi connectivity index (χ1) is 11.6. The van der Waals surface area contributed by atoms with Gasteiger partial charge in [-0.05, 0) is 31.2 Å². The number of amides is 1. The number of aromatic nitrogens is 4. The van der Waals surface area contributed by atoms with E-state index < -0.39 is 0 Å². The third-order valence-corrected chi connectivity index (χ3v) is 4.28. The molecule has 0 aliphatic rings. The molecule has 3 aromatic heterocycles. The van der Waals surface area contributed by atoms with Gasteiger partial charge in [-0.1, -0.05) is 6.07 Å². The summed E-state index contributed by atoms with van der Waals surface area (Å²) in [6.07, 6.45) is 1.89. The van der Waals surface area contributed by atoms with Gasteiger partial charge in [-0.25, -0.2) is 0 Å². The zero-order valence-electron chi connectivity index (χ0n) is 12.9. The molecule has 3 heterocycles. The van der Waals surface area contributed by atoms with Crippen LogP contribution in [0.4, 0.5) is 5.95 Å². The second-order valence-corrected chi connectivity index (χ2v) is 6.39. The fourth-order valence-electron chi connectivity index (χ4n) is 2.06. The van der Waals surface area contributed by atoms with Gasteiger partial charge in [0, 0.05) is 23.9 Å². The minimum absolute atomic E-state index is 0.0348. The van der Waals surface area contributed by atoms with E-state index in [-0.39, 0.29) is 30.5 Å². The van der Waals surface area contributed by atoms with Crippen molar-refractivity contribution in [1.29, 1.82) is 0 Å². The van der Waals surface area contributed by atoms with Crippen LogP contribution in [0.2, 0.25) is 0 Å². The lowest BCUT2D eigenvalue weighted by Crippen LogP contribution is -2.14. The van der Waals surface area contributed by atoms with Crippen molar-refractivity contribution in [2.24, 2.45) is 0 Å². The lowest BCUT2D eigenvalue weighted by atomic mass is 10.2. The van der Waals surface area contributed by atoms with Crippen LogP contribution in [0, 0.1) is 6.92 Å². The van der Waals surface area contributed by atoms with Crippen LogP contribution in [-0.4, -0.2) is 31.9 Å². The summed E-state index contributed by atoms with van der Waals surface area (Å²) in [6, 6.07) is 9.10. The first kappa shape index (κ1) is 16.0. The molecule has 2 N–H and O–H groups in total. The van der Waals surface area contributed by atoms with Crippen molar-refractivity contribution in [3.8, 4) is 11.5 Å². The van der Waals surface area contributed by atoms with Gasteiger partial charge in [0.1, 0.15) is 5.69 Å². The molecule has 0 unspecified atom stereocenters. The number of hydrogen-bond acceptors (Lipinski definition) is 6. The molecule has 3 rings (SSSR count). The van der Waals surface area contributed by atoms with Crippen molar-refractivity contribution >= 4 is 29.0 Å². The van der Waals surface area contributed by atoms with Gasteiger partial charge in [0.2, 0.25) is 11.9 Å². The molecule has 8 heteroatoms. The normalized spacial score (nSPS) is 10.5. The van der Waals surface area contributed by atoms with E-state index in [1.165, 1.54) is 11.3 Å². The van der Waals surface area contributed by atoms with Crippen molar-refractivity contribution in [2.75, 3.05) is 5.32 Å². The SMILES string of the molecule is Cc1ccc(C(=O)CCC(=O)Nc2n[nH]c(-c3ccccn3)n2)s1. The maximum Gasteiger partial charge on any atom is 0.249 e. The molecule has 0 fully saturated rings. The molecule has 7 nitrogen and oxygen atoms in total. The predicted octanol–water partition coefficient (Wildman–Crippen LogP) is 2.84. The number of nitrogens with zero attached hydrogens (tertiary/aromatic N) is 3. The van der Waals surface area contributed by atoms with Crippen LogP contribution in [-0.2, 0) is 4.79 Å². The van der Waals surface area contributed by atoms with Crippen LogP contribution in [0.25, 0.3) is 11.5 Å². The van der Waals surface area contributed by atoms with E-state index in [9.17, 15) is 9.59 Å². The highest BCUT2D eigenvalue weighted by atomic mass is 32.1. The van der Waals surface area contributed by atoms with E-state index >= 15 is 0 Å². The van der Waals surface area contributed by atoms with Gasteiger partial charge in [-0.3, -0.25) is 25.0 Å². The second kappa shape index (κ2) is 7.14. The monoisotopic (exact) mass is 341 g/mol. The molecular weight excluding hydrogens is 326 g/mol. The van der Waals surface area contributed by atoms with Gasteiger partial charge < -0.3 is 0 Å². The Morgan fingerprint density at radius 2 is 2.08 bits per heavy atom. The third kappa shape index (κ3) is 3.90. The Hall–Kier alpha value is -2.87. The maximum absolute atomic E-state index is 12.0. The van der Waals surface area contributed by atoms with Gasteiger partial charge in [-0.15, -0.1) is 16.4 Å². The van der Waals surface area contributed by atoms with E-state index in [1.807, 2.05) is 19.1 Å². The largest absolute Gasteiger partial charge is 0.293 e. The van der Waals surface area contributed by atoms with Crippen molar-refractivity contribution in [3.05, 3.63) is 46.3 Å². The molecule has 0 saturated heterocycles. The highest BCUT2D eigenvalue weighted by molar-refractivity contribution is 7.14. The summed E-state index contributed by atoms with van der Waals surface area (Å²) in [6.45, 7) is 1.94. The number of anilines is 1. The average molecular weight is 341 g/mol. The number of aromatic amines is 1. The van der Waals surface area contributed by atoms with Crippen LogP contribution in [0.5, 0.6) is 0 Å². The summed E-state index contributed by atoms with van der Waals surface area (Å²) in [7, 11) is 0. The average Bonchev–Trinajstić information content (AvgIpc) is 3.23. The van der Waals surface area contributed by atoms with Gasteiger partial charge >= 0.3 is 0 Å². The Bertz CT molecular complexity index is 856. The Morgan fingerprint density at radius 3 is 2.79 bits per heavy atom. The van der Waals surface area contributed by atoms with E-state index in [2.05, 4.69) is 25.5 Å². The standard InChI is InChI=1S/C16H15N5O2S/c1-10-5-7-13(24-10)12(22)6-8-14(23)18-16-19-15(20-21-16)11-4-2-3-9-17-11/h2-5,7,9H,6,8H2,1H3,(H2,18,19,20,21,23). The van der Waals surface area contributed by atoms with Crippen LogP contribution in [0.3, 0.4) is 0 Å². The summed E-state index contributed by atoms with van der Waals surface area (Å²) in [4.78, 5) is 34.0. The summed E-state index contributed by atoms with van der Waals surface area (Å²) in [5.74, 6) is 0.298. The number of thiophene rings is 1. The van der Waals surface area contributed by atoms with E-state index in [0.29, 0.717) is 16.4 Å². The first-order valence-electron chi connectivity index (χ1n) is 7.35. The Morgan fingerprint density at radius 1 is 1.21 bits per heavy atom. The fraction of sp³-hybridized carbons (Fsp3) is 0.188. The van der Waals surface area contributed by atoms with Crippen LogP contribution >= 0.6 is 11.3 Å². The van der Waals surface area contributed by atoms with Gasteiger partial charge in [0.25, 0.3) is 0 Å². The summed E-state index contributed by atoms with van der Waals surface area (Å²) in [5, 5.41) is 9.22. The highest BCUT2D eigenvalue weighted by Gasteiger charge is 2.13. The molecule has 24 heavy (non-hydrogen) atoms.